The van der Waals surface area contributed by atoms with Gasteiger partial charge in [-0.15, -0.1) is 0 Å². The molecule has 0 atom stereocenters. The van der Waals surface area contributed by atoms with E-state index in [4.69, 9.17) is 4.74 Å². The Morgan fingerprint density at radius 2 is 1.68 bits per heavy atom. The SMILES string of the molecule is Cc1c(S(=O)(=O)NCC2CCOCC2)cc(-c2cc(C(F)(F)F)cc(C3(C)CC3)c2)n1CC1CCCCC1. The minimum absolute atomic E-state index is 0.159. The predicted molar refractivity (Wildman–Crippen MR) is 141 cm³/mol. The van der Waals surface area contributed by atoms with Crippen molar-refractivity contribution >= 4 is 10.0 Å². The van der Waals surface area contributed by atoms with E-state index in [-0.39, 0.29) is 16.2 Å². The fourth-order valence-corrected chi connectivity index (χ4v) is 7.39. The molecule has 5 rings (SSSR count). The predicted octanol–water partition coefficient (Wildman–Crippen LogP) is 6.82. The van der Waals surface area contributed by atoms with Crippen LogP contribution in [-0.4, -0.2) is 32.7 Å². The molecule has 0 bridgehead atoms. The summed E-state index contributed by atoms with van der Waals surface area (Å²) in [4.78, 5) is 0.159. The number of aromatic nitrogens is 1. The van der Waals surface area contributed by atoms with E-state index in [0.717, 1.165) is 51.4 Å². The van der Waals surface area contributed by atoms with Crippen molar-refractivity contribution in [3.63, 3.8) is 0 Å². The van der Waals surface area contributed by atoms with Crippen molar-refractivity contribution in [3.05, 3.63) is 41.1 Å². The first-order valence-corrected chi connectivity index (χ1v) is 15.5. The molecule has 2 aromatic rings. The molecule has 1 N–H and O–H groups in total. The van der Waals surface area contributed by atoms with E-state index in [9.17, 15) is 21.6 Å². The Balaban J connectivity index is 1.56. The molecule has 1 aliphatic heterocycles. The molecule has 0 spiro atoms. The lowest BCUT2D eigenvalue weighted by atomic mass is 9.89. The maximum Gasteiger partial charge on any atom is 0.416 e. The molecule has 3 fully saturated rings. The van der Waals surface area contributed by atoms with Crippen LogP contribution in [0, 0.1) is 18.8 Å². The van der Waals surface area contributed by atoms with Gasteiger partial charge < -0.3 is 9.30 Å². The van der Waals surface area contributed by atoms with E-state index in [1.54, 1.807) is 13.0 Å². The summed E-state index contributed by atoms with van der Waals surface area (Å²) in [6, 6.07) is 5.90. The van der Waals surface area contributed by atoms with Gasteiger partial charge in [0.05, 0.1) is 5.56 Å². The summed E-state index contributed by atoms with van der Waals surface area (Å²) in [6.07, 6.45) is 4.39. The highest BCUT2D eigenvalue weighted by atomic mass is 32.2. The molecule has 0 unspecified atom stereocenters. The molecule has 1 aromatic carbocycles. The smallest absolute Gasteiger partial charge is 0.381 e. The van der Waals surface area contributed by atoms with Crippen molar-refractivity contribution < 1.29 is 26.3 Å². The molecule has 38 heavy (non-hydrogen) atoms. The summed E-state index contributed by atoms with van der Waals surface area (Å²) in [5.41, 5.74) is 1.31. The number of ether oxygens (including phenoxy) is 1. The summed E-state index contributed by atoms with van der Waals surface area (Å²) >= 11 is 0. The van der Waals surface area contributed by atoms with Gasteiger partial charge in [0.25, 0.3) is 0 Å². The van der Waals surface area contributed by atoms with Gasteiger partial charge in [0.1, 0.15) is 4.90 Å². The van der Waals surface area contributed by atoms with Gasteiger partial charge in [0.2, 0.25) is 10.0 Å². The first-order chi connectivity index (χ1) is 18.0. The number of rotatable bonds is 8. The number of alkyl halides is 3. The third-order valence-electron chi connectivity index (χ3n) is 8.93. The van der Waals surface area contributed by atoms with Gasteiger partial charge in [-0.05, 0) is 98.1 Å². The van der Waals surface area contributed by atoms with Gasteiger partial charge >= 0.3 is 6.18 Å². The molecule has 2 saturated carbocycles. The number of nitrogens with one attached hydrogen (secondary N) is 1. The Morgan fingerprint density at radius 1 is 1.00 bits per heavy atom. The molecule has 5 nitrogen and oxygen atoms in total. The summed E-state index contributed by atoms with van der Waals surface area (Å²) < 4.78 is 79.1. The molecule has 0 amide bonds. The van der Waals surface area contributed by atoms with E-state index in [2.05, 4.69) is 4.72 Å². The van der Waals surface area contributed by atoms with Crippen LogP contribution >= 0.6 is 0 Å². The van der Waals surface area contributed by atoms with Gasteiger partial charge in [-0.1, -0.05) is 26.2 Å². The van der Waals surface area contributed by atoms with Crippen LogP contribution in [0.2, 0.25) is 0 Å². The lowest BCUT2D eigenvalue weighted by Gasteiger charge is -2.25. The largest absolute Gasteiger partial charge is 0.416 e. The highest BCUT2D eigenvalue weighted by Crippen LogP contribution is 2.50. The fourth-order valence-electron chi connectivity index (χ4n) is 6.01. The van der Waals surface area contributed by atoms with E-state index >= 15 is 0 Å². The van der Waals surface area contributed by atoms with Gasteiger partial charge in [-0.25, -0.2) is 13.1 Å². The fraction of sp³-hybridized carbons (Fsp3) is 0.655. The van der Waals surface area contributed by atoms with Crippen LogP contribution in [-0.2, 0) is 32.9 Å². The Hall–Kier alpha value is -1.84. The standard InChI is InChI=1S/C29H39F3N2O3S/c1-20-27(38(35,36)33-18-21-8-12-37-13-9-21)17-26(34(20)19-22-6-4-3-5-7-22)23-14-24(28(2)10-11-28)16-25(15-23)29(30,31)32/h14-17,21-22,33H,3-13,18-19H2,1-2H3. The van der Waals surface area contributed by atoms with Crippen LogP contribution in [0.15, 0.2) is 29.2 Å². The average molecular weight is 553 g/mol. The van der Waals surface area contributed by atoms with Crippen molar-refractivity contribution in [2.24, 2.45) is 11.8 Å². The van der Waals surface area contributed by atoms with E-state index < -0.39 is 21.8 Å². The van der Waals surface area contributed by atoms with Gasteiger partial charge in [-0.2, -0.15) is 13.2 Å². The average Bonchev–Trinajstić information content (AvgIpc) is 3.57. The van der Waals surface area contributed by atoms with E-state index in [1.165, 1.54) is 18.6 Å². The van der Waals surface area contributed by atoms with Crippen LogP contribution in [0.1, 0.15) is 81.5 Å². The maximum atomic E-state index is 14.0. The van der Waals surface area contributed by atoms with Crippen molar-refractivity contribution in [3.8, 4) is 11.3 Å². The van der Waals surface area contributed by atoms with Gasteiger partial charge in [0, 0.05) is 37.7 Å². The van der Waals surface area contributed by atoms with Gasteiger partial charge in [-0.3, -0.25) is 0 Å². The molecule has 0 radical (unpaired) electrons. The Kier molecular flexibility index (Phi) is 7.74. The number of nitrogens with zero attached hydrogens (tertiary/aromatic N) is 1. The Labute approximate surface area is 224 Å². The van der Waals surface area contributed by atoms with Crippen molar-refractivity contribution in [2.45, 2.75) is 94.7 Å². The Morgan fingerprint density at radius 3 is 2.32 bits per heavy atom. The highest BCUT2D eigenvalue weighted by Gasteiger charge is 2.41. The lowest BCUT2D eigenvalue weighted by molar-refractivity contribution is -0.137. The monoisotopic (exact) mass is 552 g/mol. The molecule has 2 aliphatic carbocycles. The van der Waals surface area contributed by atoms with Crippen LogP contribution in [0.5, 0.6) is 0 Å². The first-order valence-electron chi connectivity index (χ1n) is 14.0. The summed E-state index contributed by atoms with van der Waals surface area (Å²) in [7, 11) is -3.84. The van der Waals surface area contributed by atoms with Crippen molar-refractivity contribution in [1.29, 1.82) is 0 Å². The number of sulfonamides is 1. The molecule has 9 heteroatoms. The molecule has 1 aromatic heterocycles. The molecule has 3 aliphatic rings. The second-order valence-corrected chi connectivity index (χ2v) is 13.6. The van der Waals surface area contributed by atoms with Crippen LogP contribution < -0.4 is 4.72 Å². The number of hydrogen-bond acceptors (Lipinski definition) is 3. The minimum atomic E-state index is -4.48. The zero-order valence-electron chi connectivity index (χ0n) is 22.4. The molecular formula is C29H39F3N2O3S. The third kappa shape index (κ3) is 5.99. The second-order valence-electron chi connectivity index (χ2n) is 11.9. The molecule has 1 saturated heterocycles. The molecule has 210 valence electrons. The van der Waals surface area contributed by atoms with Crippen LogP contribution in [0.3, 0.4) is 0 Å². The summed E-state index contributed by atoms with van der Waals surface area (Å²) in [6.45, 7) is 5.98. The number of benzene rings is 1. The lowest BCUT2D eigenvalue weighted by Crippen LogP contribution is -2.32. The number of hydrogen-bond donors (Lipinski definition) is 1. The normalized spacial score (nSPS) is 21.1. The van der Waals surface area contributed by atoms with E-state index in [0.29, 0.717) is 54.7 Å². The van der Waals surface area contributed by atoms with Crippen molar-refractivity contribution in [2.75, 3.05) is 19.8 Å². The van der Waals surface area contributed by atoms with Gasteiger partial charge in [0.15, 0.2) is 0 Å². The topological polar surface area (TPSA) is 60.3 Å². The second kappa shape index (κ2) is 10.6. The summed E-state index contributed by atoms with van der Waals surface area (Å²) in [5, 5.41) is 0. The zero-order chi connectivity index (χ0) is 27.1. The highest BCUT2D eigenvalue weighted by molar-refractivity contribution is 7.89. The zero-order valence-corrected chi connectivity index (χ0v) is 23.2. The number of halogens is 3. The quantitative estimate of drug-likeness (QED) is 0.391. The molecular weight excluding hydrogens is 513 g/mol. The summed E-state index contributed by atoms with van der Waals surface area (Å²) in [5.74, 6) is 0.596. The van der Waals surface area contributed by atoms with E-state index in [1.807, 2.05) is 17.6 Å². The minimum Gasteiger partial charge on any atom is -0.381 e. The first kappa shape index (κ1) is 27.7. The van der Waals surface area contributed by atoms with Crippen LogP contribution in [0.4, 0.5) is 13.2 Å². The third-order valence-corrected chi connectivity index (χ3v) is 10.5. The maximum absolute atomic E-state index is 14.0. The van der Waals surface area contributed by atoms with Crippen LogP contribution in [0.25, 0.3) is 11.3 Å². The Bertz CT molecular complexity index is 1230. The van der Waals surface area contributed by atoms with Crippen molar-refractivity contribution in [1.82, 2.24) is 9.29 Å². The molecule has 2 heterocycles.